The maximum atomic E-state index is 11.7. The van der Waals surface area contributed by atoms with Gasteiger partial charge in [-0.05, 0) is 18.4 Å². The Hall–Kier alpha value is -1.84. The fraction of sp³-hybridized carbons (Fsp3) is 0.385. The second-order valence-corrected chi connectivity index (χ2v) is 4.61. The summed E-state index contributed by atoms with van der Waals surface area (Å²) < 4.78 is 0. The van der Waals surface area contributed by atoms with Crippen LogP contribution in [0.5, 0.6) is 0 Å². The molecule has 17 heavy (non-hydrogen) atoms. The Morgan fingerprint density at radius 3 is 2.65 bits per heavy atom. The average Bonchev–Trinajstić information content (AvgIpc) is 3.17. The Morgan fingerprint density at radius 1 is 1.18 bits per heavy atom. The van der Waals surface area contributed by atoms with E-state index in [2.05, 4.69) is 15.8 Å². The minimum Gasteiger partial charge on any atom is -0.285 e. The lowest BCUT2D eigenvalue weighted by Crippen LogP contribution is -2.52. The first kappa shape index (κ1) is 10.3. The lowest BCUT2D eigenvalue weighted by atomic mass is 10.1. The molecule has 1 aromatic rings. The summed E-state index contributed by atoms with van der Waals surface area (Å²) in [6, 6.07) is 9.72. The highest BCUT2D eigenvalue weighted by molar-refractivity contribution is 5.95. The number of nitrogens with zero attached hydrogens (tertiary/aromatic N) is 1. The van der Waals surface area contributed by atoms with E-state index in [1.165, 1.54) is 12.8 Å². The Balaban J connectivity index is 1.76. The van der Waals surface area contributed by atoms with Crippen molar-refractivity contribution in [1.82, 2.24) is 10.9 Å². The van der Waals surface area contributed by atoms with E-state index in [1.807, 2.05) is 30.3 Å². The van der Waals surface area contributed by atoms with Gasteiger partial charge in [0.25, 0.3) is 5.91 Å². The van der Waals surface area contributed by atoms with E-state index in [0.29, 0.717) is 12.3 Å². The first-order chi connectivity index (χ1) is 8.33. The molecular formula is C13H15N3O. The smallest absolute Gasteiger partial charge is 0.263 e. The van der Waals surface area contributed by atoms with Gasteiger partial charge in [0.05, 0.1) is 0 Å². The van der Waals surface area contributed by atoms with Crippen LogP contribution in [0.4, 0.5) is 0 Å². The van der Waals surface area contributed by atoms with Crippen molar-refractivity contribution in [1.29, 1.82) is 0 Å². The van der Waals surface area contributed by atoms with Gasteiger partial charge in [-0.1, -0.05) is 30.3 Å². The van der Waals surface area contributed by atoms with Gasteiger partial charge < -0.3 is 0 Å². The van der Waals surface area contributed by atoms with Gasteiger partial charge in [0.2, 0.25) is 0 Å². The Bertz CT molecular complexity index is 451. The molecular weight excluding hydrogens is 214 g/mol. The predicted octanol–water partition coefficient (Wildman–Crippen LogP) is 1.04. The molecule has 0 aromatic heterocycles. The summed E-state index contributed by atoms with van der Waals surface area (Å²) in [4.78, 5) is 16.2. The summed E-state index contributed by atoms with van der Waals surface area (Å²) in [5, 5.41) is 0. The molecule has 1 saturated carbocycles. The standard InChI is InChI=1S/C13H15N3O/c17-13-11(8-9-4-2-1-3-5-9)14-12(15-16-13)10-6-7-10/h1-5,10-11H,6-8H2,(H,14,15)(H,16,17). The molecule has 4 heteroatoms. The summed E-state index contributed by atoms with van der Waals surface area (Å²) in [6.07, 6.45) is 3.03. The molecule has 2 aliphatic rings. The third-order valence-electron chi connectivity index (χ3n) is 3.15. The number of rotatable bonds is 3. The highest BCUT2D eigenvalue weighted by atomic mass is 16.2. The molecule has 1 heterocycles. The van der Waals surface area contributed by atoms with E-state index < -0.39 is 0 Å². The normalized spacial score (nSPS) is 23.6. The summed E-state index contributed by atoms with van der Waals surface area (Å²) in [7, 11) is 0. The largest absolute Gasteiger partial charge is 0.285 e. The van der Waals surface area contributed by atoms with Crippen LogP contribution in [-0.2, 0) is 11.2 Å². The molecule has 0 spiro atoms. The molecule has 88 valence electrons. The maximum Gasteiger partial charge on any atom is 0.263 e. The number of carbonyl (C=O) groups excluding carboxylic acids is 1. The number of hydrazine groups is 1. The lowest BCUT2D eigenvalue weighted by Gasteiger charge is -2.22. The summed E-state index contributed by atoms with van der Waals surface area (Å²) >= 11 is 0. The number of amidine groups is 1. The van der Waals surface area contributed by atoms with Crippen LogP contribution in [0.25, 0.3) is 0 Å². The van der Waals surface area contributed by atoms with Crippen LogP contribution in [0.15, 0.2) is 35.3 Å². The van der Waals surface area contributed by atoms with E-state index in [9.17, 15) is 4.79 Å². The minimum atomic E-state index is -0.283. The molecule has 1 aliphatic heterocycles. The summed E-state index contributed by atoms with van der Waals surface area (Å²) in [5.74, 6) is 1.44. The van der Waals surface area contributed by atoms with E-state index in [1.54, 1.807) is 0 Å². The zero-order chi connectivity index (χ0) is 11.7. The van der Waals surface area contributed by atoms with Crippen LogP contribution >= 0.6 is 0 Å². The van der Waals surface area contributed by atoms with Crippen molar-refractivity contribution in [2.24, 2.45) is 10.9 Å². The quantitative estimate of drug-likeness (QED) is 0.813. The van der Waals surface area contributed by atoms with Gasteiger partial charge in [0.15, 0.2) is 0 Å². The van der Waals surface area contributed by atoms with Crippen molar-refractivity contribution in [2.45, 2.75) is 25.3 Å². The van der Waals surface area contributed by atoms with E-state index in [4.69, 9.17) is 0 Å². The van der Waals surface area contributed by atoms with Crippen molar-refractivity contribution in [3.05, 3.63) is 35.9 Å². The van der Waals surface area contributed by atoms with Crippen LogP contribution in [0.3, 0.4) is 0 Å². The fourth-order valence-corrected chi connectivity index (χ4v) is 2.01. The Morgan fingerprint density at radius 2 is 1.94 bits per heavy atom. The van der Waals surface area contributed by atoms with Gasteiger partial charge in [-0.25, -0.2) is 0 Å². The molecule has 4 nitrogen and oxygen atoms in total. The third kappa shape index (κ3) is 2.30. The number of nitrogens with one attached hydrogen (secondary N) is 2. The second-order valence-electron chi connectivity index (χ2n) is 4.61. The van der Waals surface area contributed by atoms with Gasteiger partial charge >= 0.3 is 0 Å². The average molecular weight is 229 g/mol. The van der Waals surface area contributed by atoms with Crippen molar-refractivity contribution >= 4 is 11.7 Å². The first-order valence-corrected chi connectivity index (χ1v) is 6.00. The van der Waals surface area contributed by atoms with Gasteiger partial charge in [-0.3, -0.25) is 20.6 Å². The molecule has 1 amide bonds. The van der Waals surface area contributed by atoms with Crippen LogP contribution in [0, 0.1) is 5.92 Å². The number of amides is 1. The van der Waals surface area contributed by atoms with E-state index >= 15 is 0 Å². The fourth-order valence-electron chi connectivity index (χ4n) is 2.01. The van der Waals surface area contributed by atoms with Gasteiger partial charge in [-0.2, -0.15) is 0 Å². The first-order valence-electron chi connectivity index (χ1n) is 6.00. The number of aliphatic imine (C=N–C) groups is 1. The SMILES string of the molecule is O=C1NNC(C2CC2)=NC1Cc1ccccc1. The molecule has 3 rings (SSSR count). The van der Waals surface area contributed by atoms with Gasteiger partial charge in [0, 0.05) is 12.3 Å². The number of benzene rings is 1. The summed E-state index contributed by atoms with van der Waals surface area (Å²) in [6.45, 7) is 0. The minimum absolute atomic E-state index is 0.0433. The van der Waals surface area contributed by atoms with Crippen molar-refractivity contribution in [3.8, 4) is 0 Å². The molecule has 0 saturated heterocycles. The lowest BCUT2D eigenvalue weighted by molar-refractivity contribution is -0.123. The van der Waals surface area contributed by atoms with Crippen LogP contribution in [-0.4, -0.2) is 17.8 Å². The van der Waals surface area contributed by atoms with E-state index in [-0.39, 0.29) is 11.9 Å². The van der Waals surface area contributed by atoms with Crippen molar-refractivity contribution in [3.63, 3.8) is 0 Å². The zero-order valence-corrected chi connectivity index (χ0v) is 9.52. The van der Waals surface area contributed by atoms with Crippen molar-refractivity contribution < 1.29 is 4.79 Å². The molecule has 1 atom stereocenters. The molecule has 1 aromatic carbocycles. The zero-order valence-electron chi connectivity index (χ0n) is 9.52. The number of hydrogen-bond donors (Lipinski definition) is 2. The topological polar surface area (TPSA) is 53.5 Å². The highest BCUT2D eigenvalue weighted by Crippen LogP contribution is 2.30. The number of hydrogen-bond acceptors (Lipinski definition) is 3. The van der Waals surface area contributed by atoms with Gasteiger partial charge in [0.1, 0.15) is 11.9 Å². The van der Waals surface area contributed by atoms with Crippen LogP contribution in [0.2, 0.25) is 0 Å². The Labute approximate surface area is 100 Å². The molecule has 2 N–H and O–H groups in total. The molecule has 1 unspecified atom stereocenters. The van der Waals surface area contributed by atoms with E-state index in [0.717, 1.165) is 11.4 Å². The van der Waals surface area contributed by atoms with Gasteiger partial charge in [-0.15, -0.1) is 0 Å². The monoisotopic (exact) mass is 229 g/mol. The second kappa shape index (κ2) is 4.20. The predicted molar refractivity (Wildman–Crippen MR) is 65.4 cm³/mol. The molecule has 0 bridgehead atoms. The number of carbonyl (C=O) groups is 1. The maximum absolute atomic E-state index is 11.7. The Kier molecular flexibility index (Phi) is 2.55. The summed E-state index contributed by atoms with van der Waals surface area (Å²) in [5.41, 5.74) is 6.75. The van der Waals surface area contributed by atoms with Crippen LogP contribution in [0.1, 0.15) is 18.4 Å². The highest BCUT2D eigenvalue weighted by Gasteiger charge is 2.32. The third-order valence-corrected chi connectivity index (χ3v) is 3.15. The molecule has 1 fully saturated rings. The van der Waals surface area contributed by atoms with Crippen LogP contribution < -0.4 is 10.9 Å². The molecule has 1 aliphatic carbocycles. The molecule has 0 radical (unpaired) electrons. The van der Waals surface area contributed by atoms with Crippen molar-refractivity contribution in [2.75, 3.05) is 0 Å².